The first-order chi connectivity index (χ1) is 6.11. The molecule has 0 aliphatic rings. The Hall–Kier alpha value is -0.870. The van der Waals surface area contributed by atoms with Gasteiger partial charge in [0.25, 0.3) is 0 Å². The van der Waals surface area contributed by atoms with Gasteiger partial charge >= 0.3 is 11.9 Å². The summed E-state index contributed by atoms with van der Waals surface area (Å²) >= 11 is 5.12. The standard InChI is InChI=1S/C8H11ClO4/c1-6(3-2-4-10)8(12)13-7(11)5-9/h3,10H,2,4-5H2,1H3. The quantitative estimate of drug-likeness (QED) is 0.317. The maximum absolute atomic E-state index is 11.0. The first-order valence-electron chi connectivity index (χ1n) is 3.70. The number of aliphatic hydroxyl groups is 1. The van der Waals surface area contributed by atoms with Gasteiger partial charge in [0.15, 0.2) is 0 Å². The molecule has 0 aromatic carbocycles. The summed E-state index contributed by atoms with van der Waals surface area (Å²) in [6, 6.07) is 0. The lowest BCUT2D eigenvalue weighted by atomic mass is 10.2. The fraction of sp³-hybridized carbons (Fsp3) is 0.500. The number of hydrogen-bond acceptors (Lipinski definition) is 4. The zero-order chi connectivity index (χ0) is 10.3. The second kappa shape index (κ2) is 6.62. The van der Waals surface area contributed by atoms with Crippen molar-refractivity contribution < 1.29 is 19.4 Å². The highest BCUT2D eigenvalue weighted by Crippen LogP contribution is 1.99. The van der Waals surface area contributed by atoms with E-state index in [1.165, 1.54) is 13.0 Å². The van der Waals surface area contributed by atoms with Crippen molar-refractivity contribution in [1.29, 1.82) is 0 Å². The average molecular weight is 207 g/mol. The normalized spacial score (nSPS) is 11.2. The van der Waals surface area contributed by atoms with Crippen LogP contribution in [0.25, 0.3) is 0 Å². The minimum absolute atomic E-state index is 0.0475. The summed E-state index contributed by atoms with van der Waals surface area (Å²) in [6.45, 7) is 1.45. The molecule has 0 spiro atoms. The Labute approximate surface area is 81.1 Å². The Morgan fingerprint density at radius 3 is 2.62 bits per heavy atom. The number of halogens is 1. The van der Waals surface area contributed by atoms with Crippen LogP contribution in [0.2, 0.25) is 0 Å². The van der Waals surface area contributed by atoms with Gasteiger partial charge in [-0.2, -0.15) is 0 Å². The van der Waals surface area contributed by atoms with E-state index < -0.39 is 11.9 Å². The Bertz CT molecular complexity index is 222. The molecule has 1 N–H and O–H groups in total. The molecular weight excluding hydrogens is 196 g/mol. The van der Waals surface area contributed by atoms with E-state index in [4.69, 9.17) is 16.7 Å². The van der Waals surface area contributed by atoms with Crippen molar-refractivity contribution in [3.63, 3.8) is 0 Å². The zero-order valence-electron chi connectivity index (χ0n) is 7.25. The summed E-state index contributed by atoms with van der Waals surface area (Å²) in [4.78, 5) is 21.5. The first kappa shape index (κ1) is 12.1. The van der Waals surface area contributed by atoms with E-state index in [1.54, 1.807) is 0 Å². The highest BCUT2D eigenvalue weighted by atomic mass is 35.5. The molecule has 13 heavy (non-hydrogen) atoms. The number of rotatable bonds is 4. The first-order valence-corrected chi connectivity index (χ1v) is 4.23. The molecular formula is C8H11ClO4. The van der Waals surface area contributed by atoms with Crippen LogP contribution in [-0.4, -0.2) is 29.5 Å². The molecule has 5 heteroatoms. The third-order valence-electron chi connectivity index (χ3n) is 1.22. The molecule has 0 aromatic heterocycles. The van der Waals surface area contributed by atoms with Crippen LogP contribution in [0.1, 0.15) is 13.3 Å². The van der Waals surface area contributed by atoms with Gasteiger partial charge in [-0.25, -0.2) is 4.79 Å². The molecule has 0 amide bonds. The Balaban J connectivity index is 4.03. The summed E-state index contributed by atoms with van der Waals surface area (Å²) in [5.41, 5.74) is 0.285. The van der Waals surface area contributed by atoms with E-state index in [2.05, 4.69) is 4.74 Å². The zero-order valence-corrected chi connectivity index (χ0v) is 8.00. The number of aliphatic hydroxyl groups excluding tert-OH is 1. The Morgan fingerprint density at radius 1 is 1.54 bits per heavy atom. The molecule has 0 bridgehead atoms. The topological polar surface area (TPSA) is 63.6 Å². The third-order valence-corrected chi connectivity index (χ3v) is 1.44. The average Bonchev–Trinajstić information content (AvgIpc) is 2.13. The largest absolute Gasteiger partial charge is 0.396 e. The summed E-state index contributed by atoms with van der Waals surface area (Å²) in [6.07, 6.45) is 1.85. The van der Waals surface area contributed by atoms with E-state index in [1.807, 2.05) is 0 Å². The molecule has 0 aliphatic heterocycles. The molecule has 0 fully saturated rings. The summed E-state index contributed by atoms with van der Waals surface area (Å²) in [7, 11) is 0. The summed E-state index contributed by atoms with van der Waals surface area (Å²) < 4.78 is 4.30. The van der Waals surface area contributed by atoms with Crippen LogP contribution in [-0.2, 0) is 14.3 Å². The molecule has 0 saturated carbocycles. The smallest absolute Gasteiger partial charge is 0.341 e. The van der Waals surface area contributed by atoms with E-state index in [0.717, 1.165) is 0 Å². The summed E-state index contributed by atoms with van der Waals surface area (Å²) in [5.74, 6) is -1.85. The molecule has 4 nitrogen and oxygen atoms in total. The maximum Gasteiger partial charge on any atom is 0.341 e. The molecule has 0 atom stereocenters. The lowest BCUT2D eigenvalue weighted by molar-refractivity contribution is -0.154. The number of carbonyl (C=O) groups is 2. The van der Waals surface area contributed by atoms with Gasteiger partial charge in [0.05, 0.1) is 0 Å². The van der Waals surface area contributed by atoms with E-state index in [-0.39, 0.29) is 18.1 Å². The Kier molecular flexibility index (Phi) is 6.18. The summed E-state index contributed by atoms with van der Waals surface area (Å²) in [5, 5.41) is 8.44. The van der Waals surface area contributed by atoms with Crippen LogP contribution in [0.15, 0.2) is 11.6 Å². The second-order valence-electron chi connectivity index (χ2n) is 2.29. The van der Waals surface area contributed by atoms with Crippen LogP contribution < -0.4 is 0 Å². The van der Waals surface area contributed by atoms with Gasteiger partial charge < -0.3 is 9.84 Å². The minimum atomic E-state index is -0.775. The van der Waals surface area contributed by atoms with Gasteiger partial charge in [0, 0.05) is 12.2 Å². The number of ether oxygens (including phenoxy) is 1. The van der Waals surface area contributed by atoms with E-state index in [9.17, 15) is 9.59 Å². The third kappa shape index (κ3) is 5.38. The van der Waals surface area contributed by atoms with E-state index in [0.29, 0.717) is 6.42 Å². The molecule has 0 radical (unpaired) electrons. The fourth-order valence-electron chi connectivity index (χ4n) is 0.576. The van der Waals surface area contributed by atoms with Crippen molar-refractivity contribution in [2.45, 2.75) is 13.3 Å². The molecule has 0 aromatic rings. The molecule has 0 rings (SSSR count). The van der Waals surface area contributed by atoms with Crippen LogP contribution in [0.3, 0.4) is 0 Å². The van der Waals surface area contributed by atoms with Crippen LogP contribution in [0, 0.1) is 0 Å². The number of alkyl halides is 1. The molecule has 0 aliphatic carbocycles. The lowest BCUT2D eigenvalue weighted by Gasteiger charge is -1.99. The molecule has 0 unspecified atom stereocenters. The van der Waals surface area contributed by atoms with Crippen LogP contribution in [0.4, 0.5) is 0 Å². The van der Waals surface area contributed by atoms with Gasteiger partial charge in [-0.05, 0) is 13.3 Å². The molecule has 0 saturated heterocycles. The molecule has 74 valence electrons. The maximum atomic E-state index is 11.0. The van der Waals surface area contributed by atoms with Crippen molar-refractivity contribution in [1.82, 2.24) is 0 Å². The van der Waals surface area contributed by atoms with Gasteiger partial charge in [0.2, 0.25) is 0 Å². The van der Waals surface area contributed by atoms with Crippen LogP contribution >= 0.6 is 11.6 Å². The number of hydrogen-bond donors (Lipinski definition) is 1. The monoisotopic (exact) mass is 206 g/mol. The van der Waals surface area contributed by atoms with Crippen LogP contribution in [0.5, 0.6) is 0 Å². The van der Waals surface area contributed by atoms with Crippen molar-refractivity contribution >= 4 is 23.5 Å². The predicted molar refractivity (Wildman–Crippen MR) is 47.3 cm³/mol. The second-order valence-corrected chi connectivity index (χ2v) is 2.56. The highest BCUT2D eigenvalue weighted by Gasteiger charge is 2.10. The SMILES string of the molecule is CC(=CCCO)C(=O)OC(=O)CCl. The van der Waals surface area contributed by atoms with Gasteiger partial charge in [-0.3, -0.25) is 4.79 Å². The predicted octanol–water partition coefficient (Wildman–Crippen LogP) is 0.624. The van der Waals surface area contributed by atoms with E-state index >= 15 is 0 Å². The number of carbonyl (C=O) groups excluding carboxylic acids is 2. The van der Waals surface area contributed by atoms with Gasteiger partial charge in [0.1, 0.15) is 5.88 Å². The number of esters is 2. The fourth-order valence-corrected chi connectivity index (χ4v) is 0.630. The molecule has 0 heterocycles. The Morgan fingerprint density at radius 2 is 2.15 bits per heavy atom. The lowest BCUT2D eigenvalue weighted by Crippen LogP contribution is -2.14. The van der Waals surface area contributed by atoms with Crippen molar-refractivity contribution in [3.05, 3.63) is 11.6 Å². The van der Waals surface area contributed by atoms with Crippen molar-refractivity contribution in [2.75, 3.05) is 12.5 Å². The van der Waals surface area contributed by atoms with Gasteiger partial charge in [-0.1, -0.05) is 6.08 Å². The van der Waals surface area contributed by atoms with Crippen molar-refractivity contribution in [2.24, 2.45) is 0 Å². The van der Waals surface area contributed by atoms with Crippen molar-refractivity contribution in [3.8, 4) is 0 Å². The van der Waals surface area contributed by atoms with Gasteiger partial charge in [-0.15, -0.1) is 11.6 Å². The minimum Gasteiger partial charge on any atom is -0.396 e. The highest BCUT2D eigenvalue weighted by molar-refractivity contribution is 6.27.